The Morgan fingerprint density at radius 1 is 1.00 bits per heavy atom. The van der Waals surface area contributed by atoms with Gasteiger partial charge in [0.15, 0.2) is 11.7 Å². The Kier molecular flexibility index (Phi) is 6.11. The highest BCUT2D eigenvalue weighted by Crippen LogP contribution is 2.40. The highest BCUT2D eigenvalue weighted by molar-refractivity contribution is 5.77. The fourth-order valence-electron chi connectivity index (χ4n) is 4.87. The number of halogens is 2. The van der Waals surface area contributed by atoms with Gasteiger partial charge in [-0.25, -0.2) is 13.8 Å². The number of benzene rings is 2. The van der Waals surface area contributed by atoms with Gasteiger partial charge in [0, 0.05) is 29.8 Å². The summed E-state index contributed by atoms with van der Waals surface area (Å²) in [4.78, 5) is 17.6. The maximum absolute atomic E-state index is 14.8. The molecule has 7 heteroatoms. The topological polar surface area (TPSA) is 68.3 Å². The number of hydrogen-bond donors (Lipinski definition) is 1. The van der Waals surface area contributed by atoms with Gasteiger partial charge in [0.2, 0.25) is 0 Å². The predicted octanol–water partition coefficient (Wildman–Crippen LogP) is 6.07. The molecule has 1 aliphatic carbocycles. The van der Waals surface area contributed by atoms with E-state index in [1.807, 2.05) is 32.0 Å². The normalized spacial score (nSPS) is 18.1. The molecule has 35 heavy (non-hydrogen) atoms. The van der Waals surface area contributed by atoms with Crippen molar-refractivity contribution in [3.63, 3.8) is 0 Å². The number of pyridine rings is 1. The van der Waals surface area contributed by atoms with Gasteiger partial charge in [-0.1, -0.05) is 18.2 Å². The Hall–Kier alpha value is -3.58. The molecule has 1 N–H and O–H groups in total. The van der Waals surface area contributed by atoms with E-state index in [-0.39, 0.29) is 28.9 Å². The van der Waals surface area contributed by atoms with E-state index >= 15 is 0 Å². The minimum atomic E-state index is -0.754. The van der Waals surface area contributed by atoms with Crippen LogP contribution in [-0.4, -0.2) is 20.8 Å². The molecule has 2 aromatic carbocycles. The van der Waals surface area contributed by atoms with Crippen molar-refractivity contribution in [2.45, 2.75) is 51.6 Å². The second kappa shape index (κ2) is 9.23. The second-order valence-electron chi connectivity index (χ2n) is 9.23. The highest BCUT2D eigenvalue weighted by atomic mass is 19.1. The minimum absolute atomic E-state index is 0.0149. The molecule has 5 nitrogen and oxygen atoms in total. The summed E-state index contributed by atoms with van der Waals surface area (Å²) < 4.78 is 36.2. The number of aliphatic hydroxyl groups excluding tert-OH is 1. The highest BCUT2D eigenvalue weighted by Gasteiger charge is 2.28. The molecule has 0 aliphatic heterocycles. The summed E-state index contributed by atoms with van der Waals surface area (Å²) in [5.74, 6) is -0.807. The van der Waals surface area contributed by atoms with Crippen molar-refractivity contribution < 1.29 is 18.3 Å². The molecule has 0 bridgehead atoms. The summed E-state index contributed by atoms with van der Waals surface area (Å²) >= 11 is 0. The standard InChI is InChI=1S/C28H26F2N2O3/c1-16-4-3-5-17(2)26(16)32-15-19(8-13-24(32)34)25-27(22-12-9-20(29)14-23(22)30)35-28(31-25)18-6-10-21(33)11-7-18/h3-5,8-9,12-15,18,21,33H,6-7,10-11H2,1-2H3. The monoisotopic (exact) mass is 476 g/mol. The molecular formula is C28H26F2N2O3. The molecule has 1 aliphatic rings. The van der Waals surface area contributed by atoms with Crippen molar-refractivity contribution in [2.75, 3.05) is 0 Å². The van der Waals surface area contributed by atoms with Gasteiger partial charge in [-0.3, -0.25) is 9.36 Å². The lowest BCUT2D eigenvalue weighted by molar-refractivity contribution is 0.118. The van der Waals surface area contributed by atoms with Gasteiger partial charge in [-0.05, 0) is 68.9 Å². The van der Waals surface area contributed by atoms with Crippen molar-refractivity contribution in [2.24, 2.45) is 0 Å². The van der Waals surface area contributed by atoms with Gasteiger partial charge < -0.3 is 9.52 Å². The van der Waals surface area contributed by atoms with Crippen LogP contribution in [0, 0.1) is 25.5 Å². The van der Waals surface area contributed by atoms with E-state index in [1.165, 1.54) is 18.2 Å². The van der Waals surface area contributed by atoms with E-state index in [0.29, 0.717) is 42.8 Å². The number of hydrogen-bond acceptors (Lipinski definition) is 4. The maximum atomic E-state index is 14.8. The second-order valence-corrected chi connectivity index (χ2v) is 9.23. The fourth-order valence-corrected chi connectivity index (χ4v) is 4.87. The third-order valence-electron chi connectivity index (χ3n) is 6.73. The Bertz CT molecular complexity index is 1430. The number of oxazole rings is 1. The molecule has 0 radical (unpaired) electrons. The molecule has 5 rings (SSSR count). The van der Waals surface area contributed by atoms with Gasteiger partial charge in [0.05, 0.1) is 17.4 Å². The van der Waals surface area contributed by atoms with Crippen LogP contribution >= 0.6 is 0 Å². The average molecular weight is 477 g/mol. The molecule has 0 spiro atoms. The Morgan fingerprint density at radius 3 is 2.40 bits per heavy atom. The SMILES string of the molecule is Cc1cccc(C)c1-n1cc(-c2nc(C3CCC(O)CC3)oc2-c2ccc(F)cc2F)ccc1=O. The van der Waals surface area contributed by atoms with Crippen molar-refractivity contribution in [1.82, 2.24) is 9.55 Å². The van der Waals surface area contributed by atoms with Crippen LogP contribution in [-0.2, 0) is 0 Å². The molecule has 2 heterocycles. The first-order chi connectivity index (χ1) is 16.8. The van der Waals surface area contributed by atoms with Gasteiger partial charge >= 0.3 is 0 Å². The Labute approximate surface area is 201 Å². The Balaban J connectivity index is 1.68. The number of aromatic nitrogens is 2. The predicted molar refractivity (Wildman–Crippen MR) is 130 cm³/mol. The third kappa shape index (κ3) is 4.44. The molecule has 1 fully saturated rings. The quantitative estimate of drug-likeness (QED) is 0.388. The first kappa shape index (κ1) is 23.2. The van der Waals surface area contributed by atoms with E-state index in [0.717, 1.165) is 22.9 Å². The van der Waals surface area contributed by atoms with Crippen LogP contribution in [0.1, 0.15) is 48.6 Å². The molecule has 2 aromatic heterocycles. The molecule has 0 saturated heterocycles. The van der Waals surface area contributed by atoms with Gasteiger partial charge in [0.1, 0.15) is 17.3 Å². The van der Waals surface area contributed by atoms with Crippen LogP contribution < -0.4 is 5.56 Å². The average Bonchev–Trinajstić information content (AvgIpc) is 3.25. The summed E-state index contributed by atoms with van der Waals surface area (Å²) in [5, 5.41) is 9.89. The van der Waals surface area contributed by atoms with Crippen molar-refractivity contribution in [3.8, 4) is 28.3 Å². The lowest BCUT2D eigenvalue weighted by Crippen LogP contribution is -2.18. The Morgan fingerprint density at radius 2 is 1.71 bits per heavy atom. The minimum Gasteiger partial charge on any atom is -0.440 e. The molecular weight excluding hydrogens is 450 g/mol. The van der Waals surface area contributed by atoms with Crippen molar-refractivity contribution >= 4 is 0 Å². The van der Waals surface area contributed by atoms with E-state index in [1.54, 1.807) is 16.8 Å². The molecule has 0 unspecified atom stereocenters. The van der Waals surface area contributed by atoms with E-state index in [9.17, 15) is 18.7 Å². The fraction of sp³-hybridized carbons (Fsp3) is 0.286. The number of rotatable bonds is 4. The summed E-state index contributed by atoms with van der Waals surface area (Å²) in [5.41, 5.74) is 3.52. The number of nitrogens with zero attached hydrogens (tertiary/aromatic N) is 2. The zero-order valence-electron chi connectivity index (χ0n) is 19.6. The smallest absolute Gasteiger partial charge is 0.255 e. The zero-order chi connectivity index (χ0) is 24.7. The number of aliphatic hydroxyl groups is 1. The third-order valence-corrected chi connectivity index (χ3v) is 6.73. The first-order valence-electron chi connectivity index (χ1n) is 11.8. The van der Waals surface area contributed by atoms with Gasteiger partial charge in [-0.2, -0.15) is 0 Å². The van der Waals surface area contributed by atoms with Crippen molar-refractivity contribution in [3.05, 3.63) is 93.7 Å². The van der Waals surface area contributed by atoms with Crippen LogP contribution in [0.4, 0.5) is 8.78 Å². The maximum Gasteiger partial charge on any atom is 0.255 e. The van der Waals surface area contributed by atoms with Crippen molar-refractivity contribution in [1.29, 1.82) is 0 Å². The molecule has 180 valence electrons. The molecule has 0 amide bonds. The summed E-state index contributed by atoms with van der Waals surface area (Å²) in [6, 6.07) is 12.2. The van der Waals surface area contributed by atoms with Crippen LogP contribution in [0.5, 0.6) is 0 Å². The first-order valence-corrected chi connectivity index (χ1v) is 11.8. The van der Waals surface area contributed by atoms with Crippen LogP contribution in [0.3, 0.4) is 0 Å². The molecule has 1 saturated carbocycles. The lowest BCUT2D eigenvalue weighted by Gasteiger charge is -2.22. The van der Waals surface area contributed by atoms with Gasteiger partial charge in [0.25, 0.3) is 5.56 Å². The summed E-state index contributed by atoms with van der Waals surface area (Å²) in [6.45, 7) is 3.87. The van der Waals surface area contributed by atoms with E-state index < -0.39 is 11.6 Å². The summed E-state index contributed by atoms with van der Waals surface area (Å²) in [6.07, 6.45) is 4.04. The largest absolute Gasteiger partial charge is 0.440 e. The number of para-hydroxylation sites is 1. The van der Waals surface area contributed by atoms with E-state index in [2.05, 4.69) is 0 Å². The molecule has 0 atom stereocenters. The van der Waals surface area contributed by atoms with Gasteiger partial charge in [-0.15, -0.1) is 0 Å². The van der Waals surface area contributed by atoms with Crippen LogP contribution in [0.25, 0.3) is 28.3 Å². The number of aryl methyl sites for hydroxylation is 2. The lowest BCUT2D eigenvalue weighted by atomic mass is 9.87. The van der Waals surface area contributed by atoms with Crippen LogP contribution in [0.15, 0.2) is 63.9 Å². The van der Waals surface area contributed by atoms with Crippen LogP contribution in [0.2, 0.25) is 0 Å². The van der Waals surface area contributed by atoms with E-state index in [4.69, 9.17) is 9.40 Å². The summed E-state index contributed by atoms with van der Waals surface area (Å²) in [7, 11) is 0. The zero-order valence-corrected chi connectivity index (χ0v) is 19.6. The molecule has 4 aromatic rings.